The molecule has 5 rings (SSSR count). The molecule has 0 N–H and O–H groups in total. The van der Waals surface area contributed by atoms with Gasteiger partial charge >= 0.3 is 0 Å². The largest absolute Gasteiger partial charge is 0.0708 e. The summed E-state index contributed by atoms with van der Waals surface area (Å²) >= 11 is 0. The van der Waals surface area contributed by atoms with Crippen molar-refractivity contribution in [2.75, 3.05) is 12.3 Å². The summed E-state index contributed by atoms with van der Waals surface area (Å²) in [6.07, 6.45) is 5.18. The van der Waals surface area contributed by atoms with Gasteiger partial charge in [-0.15, -0.1) is 0 Å². The summed E-state index contributed by atoms with van der Waals surface area (Å²) in [6.45, 7) is 0. The molecule has 5 aromatic rings. The van der Waals surface area contributed by atoms with Crippen molar-refractivity contribution in [1.29, 1.82) is 0 Å². The van der Waals surface area contributed by atoms with Gasteiger partial charge in [-0.1, -0.05) is 182 Å². The van der Waals surface area contributed by atoms with Crippen molar-refractivity contribution in [3.05, 3.63) is 152 Å². The fourth-order valence-corrected chi connectivity index (χ4v) is 14.0. The lowest BCUT2D eigenvalue weighted by atomic mass is 10.4. The number of hydrogen-bond donors (Lipinski definition) is 0. The van der Waals surface area contributed by atoms with Gasteiger partial charge in [-0.2, -0.15) is 0 Å². The molecule has 0 fully saturated rings. The molecule has 0 bridgehead atoms. The second-order valence-corrected chi connectivity index (χ2v) is 17.9. The van der Waals surface area contributed by atoms with E-state index < -0.39 is 8.80 Å². The third-order valence-electron chi connectivity index (χ3n) is 7.41. The zero-order valence-electron chi connectivity index (χ0n) is 22.6. The van der Waals surface area contributed by atoms with E-state index in [1.165, 1.54) is 58.5 Å². The summed E-state index contributed by atoms with van der Waals surface area (Å²) in [5, 5.41) is 7.67. The molecule has 3 heteroatoms. The Morgan fingerprint density at radius 1 is 0.359 bits per heavy atom. The molecule has 0 heterocycles. The van der Waals surface area contributed by atoms with Gasteiger partial charge in [-0.3, -0.25) is 0 Å². The van der Waals surface area contributed by atoms with E-state index >= 15 is 0 Å². The fraction of sp³-hybridized carbons (Fsp3) is 0.167. The predicted octanol–water partition coefficient (Wildman–Crippen LogP) is 7.17. The summed E-state index contributed by atoms with van der Waals surface area (Å²) in [4.78, 5) is 0. The van der Waals surface area contributed by atoms with Crippen LogP contribution in [0.15, 0.2) is 152 Å². The van der Waals surface area contributed by atoms with Crippen molar-refractivity contribution in [3.8, 4) is 0 Å². The van der Waals surface area contributed by atoms with Crippen LogP contribution in [0.4, 0.5) is 0 Å². The normalized spacial score (nSPS) is 11.4. The maximum Gasteiger partial charge on any atom is 0.0708 e. The Kier molecular flexibility index (Phi) is 10.7. The Morgan fingerprint density at radius 3 is 0.949 bits per heavy atom. The van der Waals surface area contributed by atoms with Gasteiger partial charge in [0.1, 0.15) is 0 Å². The maximum absolute atomic E-state index is 2.41. The molecule has 196 valence electrons. The molecular weight excluding hydrogens is 522 g/mol. The minimum Gasteiger partial charge on any atom is -0.0633 e. The topological polar surface area (TPSA) is 0 Å². The molecule has 0 saturated heterocycles. The molecule has 0 spiro atoms. The molecule has 0 saturated carbocycles. The third-order valence-corrected chi connectivity index (χ3v) is 16.2. The van der Waals surface area contributed by atoms with E-state index in [1.54, 1.807) is 5.19 Å². The van der Waals surface area contributed by atoms with Crippen molar-refractivity contribution < 1.29 is 0 Å². The van der Waals surface area contributed by atoms with Gasteiger partial charge in [0, 0.05) is 0 Å². The van der Waals surface area contributed by atoms with Gasteiger partial charge in [0.05, 0.1) is 8.80 Å². The van der Waals surface area contributed by atoms with Gasteiger partial charge in [-0.25, -0.2) is 0 Å². The minimum absolute atomic E-state index is 0.309. The Balaban J connectivity index is 1.27. The monoisotopic (exact) mass is 560 g/mol. The minimum atomic E-state index is -1.06. The van der Waals surface area contributed by atoms with Crippen LogP contribution in [0.2, 0.25) is 12.1 Å². The average molecular weight is 561 g/mol. The van der Waals surface area contributed by atoms with Crippen LogP contribution in [0.1, 0.15) is 12.8 Å². The van der Waals surface area contributed by atoms with E-state index in [9.17, 15) is 0 Å². The Morgan fingerprint density at radius 2 is 0.641 bits per heavy atom. The molecular formula is C36H38P2Si. The molecule has 0 radical (unpaired) electrons. The molecule has 0 unspecified atom stereocenters. The average Bonchev–Trinajstić information content (AvgIpc) is 3.02. The summed E-state index contributed by atoms with van der Waals surface area (Å²) in [6, 6.07) is 59.1. The van der Waals surface area contributed by atoms with Crippen LogP contribution in [0, 0.1) is 0 Å². The first-order valence-corrected chi connectivity index (χ1v) is 19.4. The molecule has 0 nitrogen and oxygen atoms in total. The Labute approximate surface area is 239 Å². The molecule has 39 heavy (non-hydrogen) atoms. The van der Waals surface area contributed by atoms with Crippen molar-refractivity contribution in [2.24, 2.45) is 0 Å². The predicted molar refractivity (Wildman–Crippen MR) is 180 cm³/mol. The SMILES string of the molecule is c1ccc([SiH](CCCP(c2ccccc2)c2ccccc2)CCCP(c2ccccc2)c2ccccc2)cc1. The number of rotatable bonds is 13. The summed E-state index contributed by atoms with van der Waals surface area (Å²) in [5.41, 5.74) is 0. The van der Waals surface area contributed by atoms with E-state index in [1.807, 2.05) is 0 Å². The fourth-order valence-electron chi connectivity index (χ4n) is 5.44. The highest BCUT2D eigenvalue weighted by Crippen LogP contribution is 2.36. The van der Waals surface area contributed by atoms with E-state index in [2.05, 4.69) is 152 Å². The van der Waals surface area contributed by atoms with Crippen LogP contribution in [0.5, 0.6) is 0 Å². The van der Waals surface area contributed by atoms with Crippen molar-refractivity contribution in [3.63, 3.8) is 0 Å². The molecule has 0 atom stereocenters. The van der Waals surface area contributed by atoms with E-state index in [-0.39, 0.29) is 15.8 Å². The zero-order chi connectivity index (χ0) is 26.5. The standard InChI is InChI=1S/C36H38P2Si/c1-6-18-32(19-7-1)37(33-20-8-2-9-21-33)28-16-30-39(36-26-14-5-15-27-36)31-17-29-38(34-22-10-3-11-23-34)35-24-12-4-13-25-35/h1-15,18-27,39H,16-17,28-31H2. The molecule has 5 aromatic carbocycles. The smallest absolute Gasteiger partial charge is 0.0633 e. The highest BCUT2D eigenvalue weighted by atomic mass is 31.1. The summed E-state index contributed by atoms with van der Waals surface area (Å²) in [7, 11) is -1.68. The first kappa shape index (κ1) is 27.7. The molecule has 0 amide bonds. The molecule has 0 aliphatic heterocycles. The Bertz CT molecular complexity index is 1180. The van der Waals surface area contributed by atoms with Crippen LogP contribution in [-0.4, -0.2) is 21.1 Å². The van der Waals surface area contributed by atoms with Gasteiger partial charge in [0.15, 0.2) is 0 Å². The highest BCUT2D eigenvalue weighted by Gasteiger charge is 2.19. The first-order chi connectivity index (χ1) is 19.4. The van der Waals surface area contributed by atoms with Crippen LogP contribution >= 0.6 is 15.8 Å². The van der Waals surface area contributed by atoms with E-state index in [4.69, 9.17) is 0 Å². The summed E-state index contributed by atoms with van der Waals surface area (Å²) in [5.74, 6) is 0. The maximum atomic E-state index is 2.41. The lowest BCUT2D eigenvalue weighted by Gasteiger charge is -2.22. The van der Waals surface area contributed by atoms with E-state index in [0.29, 0.717) is 0 Å². The van der Waals surface area contributed by atoms with Gasteiger partial charge in [-0.05, 0) is 49.4 Å². The van der Waals surface area contributed by atoms with Crippen LogP contribution in [-0.2, 0) is 0 Å². The van der Waals surface area contributed by atoms with Crippen LogP contribution < -0.4 is 26.4 Å². The Hall–Kier alpha value is -2.82. The van der Waals surface area contributed by atoms with Crippen LogP contribution in [0.25, 0.3) is 0 Å². The molecule has 0 aliphatic rings. The van der Waals surface area contributed by atoms with Crippen molar-refractivity contribution >= 4 is 51.0 Å². The quantitative estimate of drug-likeness (QED) is 0.106. The highest BCUT2D eigenvalue weighted by molar-refractivity contribution is 7.73. The molecule has 0 aliphatic carbocycles. The number of benzene rings is 5. The van der Waals surface area contributed by atoms with Crippen LogP contribution in [0.3, 0.4) is 0 Å². The van der Waals surface area contributed by atoms with Gasteiger partial charge < -0.3 is 0 Å². The lowest BCUT2D eigenvalue weighted by Crippen LogP contribution is -2.30. The second kappa shape index (κ2) is 15.1. The first-order valence-electron chi connectivity index (χ1n) is 14.2. The number of hydrogen-bond acceptors (Lipinski definition) is 0. The zero-order valence-corrected chi connectivity index (χ0v) is 25.6. The lowest BCUT2D eigenvalue weighted by molar-refractivity contribution is 1.02. The van der Waals surface area contributed by atoms with Crippen molar-refractivity contribution in [1.82, 2.24) is 0 Å². The molecule has 0 aromatic heterocycles. The van der Waals surface area contributed by atoms with Gasteiger partial charge in [0.2, 0.25) is 0 Å². The van der Waals surface area contributed by atoms with E-state index in [0.717, 1.165) is 0 Å². The third kappa shape index (κ3) is 8.09. The van der Waals surface area contributed by atoms with Gasteiger partial charge in [0.25, 0.3) is 0 Å². The second-order valence-electron chi connectivity index (χ2n) is 10.0. The van der Waals surface area contributed by atoms with Crippen molar-refractivity contribution in [2.45, 2.75) is 24.9 Å². The summed E-state index contributed by atoms with van der Waals surface area (Å²) < 4.78 is 0.